The second-order valence-corrected chi connectivity index (χ2v) is 10.6. The van der Waals surface area contributed by atoms with E-state index in [1.165, 1.54) is 11.1 Å². The van der Waals surface area contributed by atoms with E-state index in [4.69, 9.17) is 55.5 Å². The molecule has 0 bridgehead atoms. The zero-order chi connectivity index (χ0) is 30.8. The summed E-state index contributed by atoms with van der Waals surface area (Å²) in [6, 6.07) is 17.7. The lowest BCUT2D eigenvalue weighted by atomic mass is 9.97. The van der Waals surface area contributed by atoms with Crippen LogP contribution < -0.4 is 5.32 Å². The van der Waals surface area contributed by atoms with Crippen LogP contribution in [0.1, 0.15) is 53.3 Å². The summed E-state index contributed by atoms with van der Waals surface area (Å²) in [5, 5.41) is 11.5. The number of likely N-dealkylation sites (N-methyl/N-ethyl adjacent to an activating group) is 1. The van der Waals surface area contributed by atoms with Gasteiger partial charge < -0.3 is 24.6 Å². The molecular weight excluding hydrogens is 598 g/mol. The summed E-state index contributed by atoms with van der Waals surface area (Å²) in [5.74, 6) is 0. The summed E-state index contributed by atoms with van der Waals surface area (Å²) in [6.45, 7) is 3.53. The summed E-state index contributed by atoms with van der Waals surface area (Å²) in [7, 11) is -0.598. The Morgan fingerprint density at radius 3 is 1.98 bits per heavy atom. The maximum Gasteiger partial charge on any atom is 0.522 e. The number of ether oxygens (including phenoxy) is 3. The van der Waals surface area contributed by atoms with Crippen molar-refractivity contribution in [3.63, 3.8) is 0 Å². The first-order valence-electron chi connectivity index (χ1n) is 12.1. The molecule has 3 unspecified atom stereocenters. The molecule has 2 aromatic rings. The Labute approximate surface area is 244 Å². The number of methoxy groups -OCH3 is 2. The van der Waals surface area contributed by atoms with E-state index in [1.54, 1.807) is 14.2 Å². The van der Waals surface area contributed by atoms with Crippen LogP contribution in [0.15, 0.2) is 54.6 Å². The van der Waals surface area contributed by atoms with Gasteiger partial charge in [-0.2, -0.15) is 21.6 Å². The first-order chi connectivity index (χ1) is 18.8. The number of aliphatic hydroxyl groups is 1. The number of fused-ring (bicyclic) bond motifs is 1. The number of benzene rings is 2. The Kier molecular flexibility index (Phi) is 19.7. The summed E-state index contributed by atoms with van der Waals surface area (Å²) < 4.78 is 73.0. The van der Waals surface area contributed by atoms with Gasteiger partial charge >= 0.3 is 15.6 Å². The van der Waals surface area contributed by atoms with Crippen LogP contribution in [-0.4, -0.2) is 70.9 Å². The van der Waals surface area contributed by atoms with Gasteiger partial charge in [-0.15, -0.1) is 23.2 Å². The quantitative estimate of drug-likeness (QED) is 0.140. The smallest absolute Gasteiger partial charge is 0.394 e. The van der Waals surface area contributed by atoms with E-state index in [-0.39, 0.29) is 29.8 Å². The molecular formula is C26H38Cl2F3NO7S. The van der Waals surface area contributed by atoms with Crippen molar-refractivity contribution in [1.29, 1.82) is 0 Å². The molecule has 0 fully saturated rings. The van der Waals surface area contributed by atoms with Crippen molar-refractivity contribution < 1.29 is 45.5 Å². The van der Waals surface area contributed by atoms with Crippen molar-refractivity contribution in [2.45, 2.75) is 48.4 Å². The van der Waals surface area contributed by atoms with Gasteiger partial charge in [0, 0.05) is 20.8 Å². The molecule has 40 heavy (non-hydrogen) atoms. The summed E-state index contributed by atoms with van der Waals surface area (Å²) in [5.41, 5.74) is -2.15. The van der Waals surface area contributed by atoms with Crippen LogP contribution >= 0.6 is 23.2 Å². The highest BCUT2D eigenvalue weighted by molar-refractivity contribution is 7.86. The fourth-order valence-electron chi connectivity index (χ4n) is 3.16. The van der Waals surface area contributed by atoms with Crippen LogP contribution in [0.4, 0.5) is 13.2 Å². The van der Waals surface area contributed by atoms with E-state index in [2.05, 4.69) is 24.4 Å². The predicted octanol–water partition coefficient (Wildman–Crippen LogP) is 6.02. The van der Waals surface area contributed by atoms with Gasteiger partial charge in [0.1, 0.15) is 0 Å². The Bertz CT molecular complexity index is 1030. The summed E-state index contributed by atoms with van der Waals surface area (Å²) >= 11 is 11.9. The predicted molar refractivity (Wildman–Crippen MR) is 150 cm³/mol. The monoisotopic (exact) mass is 635 g/mol. The standard InChI is InChI=1S/C11H14ClNO.C8H9ClO.C6H14O2.CHF3O3S/c1-13-6-11-9-5-3-2-4-8(9)10(12)7-14-11;9-8(6-10)7-4-2-1-3-5-7;1-4-5-6(7-2)8-3;2-1(3,4)8(5,6)7/h2-5,10-11,13H,6-7H2,1H3;1-5,8,10H,6H2;6H,4-5H2,1-3H3;(H,5,6,7). The SMILES string of the molecule is CCCC(OC)OC.CNCC1OCC(Cl)c2ccccc21.O=S(=O)(O)C(F)(F)F.OCC(Cl)c1ccccc1. The van der Waals surface area contributed by atoms with Crippen LogP contribution in [-0.2, 0) is 24.3 Å². The molecule has 1 heterocycles. The van der Waals surface area contributed by atoms with Crippen molar-refractivity contribution in [3.8, 4) is 0 Å². The molecule has 0 amide bonds. The van der Waals surface area contributed by atoms with Gasteiger partial charge in [-0.1, -0.05) is 67.9 Å². The van der Waals surface area contributed by atoms with Gasteiger partial charge in [0.05, 0.1) is 30.1 Å². The largest absolute Gasteiger partial charge is 0.522 e. The van der Waals surface area contributed by atoms with Gasteiger partial charge in [0.15, 0.2) is 6.29 Å². The Morgan fingerprint density at radius 1 is 1.07 bits per heavy atom. The van der Waals surface area contributed by atoms with Crippen LogP contribution in [0.25, 0.3) is 0 Å². The van der Waals surface area contributed by atoms with E-state index >= 15 is 0 Å². The maximum atomic E-state index is 10.7. The number of hydrogen-bond donors (Lipinski definition) is 3. The van der Waals surface area contributed by atoms with Crippen molar-refractivity contribution in [2.24, 2.45) is 0 Å². The molecule has 0 spiro atoms. The first kappa shape index (κ1) is 38.5. The zero-order valence-electron chi connectivity index (χ0n) is 22.8. The number of alkyl halides is 5. The van der Waals surface area contributed by atoms with E-state index in [1.807, 2.05) is 49.5 Å². The molecule has 0 saturated heterocycles. The van der Waals surface area contributed by atoms with Crippen molar-refractivity contribution in [2.75, 3.05) is 41.0 Å². The minimum atomic E-state index is -5.84. The first-order valence-corrected chi connectivity index (χ1v) is 14.5. The Hall–Kier alpha value is -1.48. The average molecular weight is 637 g/mol. The average Bonchev–Trinajstić information content (AvgIpc) is 2.93. The van der Waals surface area contributed by atoms with Crippen LogP contribution in [0.3, 0.4) is 0 Å². The molecule has 230 valence electrons. The fraction of sp³-hybridized carbons (Fsp3) is 0.538. The molecule has 8 nitrogen and oxygen atoms in total. The molecule has 0 aliphatic carbocycles. The normalized spacial score (nSPS) is 17.2. The van der Waals surface area contributed by atoms with E-state index in [0.29, 0.717) is 6.61 Å². The van der Waals surface area contributed by atoms with Gasteiger partial charge in [-0.05, 0) is 30.2 Å². The summed E-state index contributed by atoms with van der Waals surface area (Å²) in [6.07, 6.45) is 2.23. The van der Waals surface area contributed by atoms with Gasteiger partial charge in [-0.25, -0.2) is 0 Å². The molecule has 0 aromatic heterocycles. The van der Waals surface area contributed by atoms with Crippen molar-refractivity contribution in [1.82, 2.24) is 5.32 Å². The third-order valence-corrected chi connectivity index (χ3v) is 6.51. The van der Waals surface area contributed by atoms with Crippen LogP contribution in [0.5, 0.6) is 0 Å². The molecule has 0 saturated carbocycles. The van der Waals surface area contributed by atoms with Crippen LogP contribution in [0, 0.1) is 0 Å². The van der Waals surface area contributed by atoms with Crippen molar-refractivity contribution in [3.05, 3.63) is 71.3 Å². The molecule has 3 rings (SSSR count). The molecule has 1 aliphatic rings. The minimum Gasteiger partial charge on any atom is -0.394 e. The van der Waals surface area contributed by atoms with E-state index in [0.717, 1.165) is 24.9 Å². The second kappa shape index (κ2) is 20.4. The topological polar surface area (TPSA) is 114 Å². The van der Waals surface area contributed by atoms with E-state index < -0.39 is 15.6 Å². The lowest BCUT2D eigenvalue weighted by Gasteiger charge is -2.28. The fourth-order valence-corrected chi connectivity index (χ4v) is 3.58. The van der Waals surface area contributed by atoms with Crippen molar-refractivity contribution >= 4 is 33.3 Å². The lowest BCUT2D eigenvalue weighted by Crippen LogP contribution is -2.26. The van der Waals surface area contributed by atoms with Gasteiger partial charge in [0.25, 0.3) is 0 Å². The Morgan fingerprint density at radius 2 is 1.57 bits per heavy atom. The number of aliphatic hydroxyl groups excluding tert-OH is 1. The molecule has 3 N–H and O–H groups in total. The number of halogens is 5. The van der Waals surface area contributed by atoms with Gasteiger partial charge in [-0.3, -0.25) is 4.55 Å². The van der Waals surface area contributed by atoms with E-state index in [9.17, 15) is 13.2 Å². The van der Waals surface area contributed by atoms with Crippen LogP contribution in [0.2, 0.25) is 0 Å². The summed E-state index contributed by atoms with van der Waals surface area (Å²) in [4.78, 5) is 0. The highest BCUT2D eigenvalue weighted by Crippen LogP contribution is 2.35. The molecule has 14 heteroatoms. The maximum absolute atomic E-state index is 10.7. The lowest BCUT2D eigenvalue weighted by molar-refractivity contribution is -0.106. The van der Waals surface area contributed by atoms with Gasteiger partial charge in [0.2, 0.25) is 0 Å². The third-order valence-electron chi connectivity index (χ3n) is 5.18. The molecule has 1 aliphatic heterocycles. The second-order valence-electron chi connectivity index (χ2n) is 8.15. The molecule has 0 radical (unpaired) electrons. The third kappa shape index (κ3) is 14.9. The molecule has 2 aromatic carbocycles. The zero-order valence-corrected chi connectivity index (χ0v) is 25.1. The number of hydrogen-bond acceptors (Lipinski definition) is 7. The highest BCUT2D eigenvalue weighted by atomic mass is 35.5. The minimum absolute atomic E-state index is 0.000000000000000444. The highest BCUT2D eigenvalue weighted by Gasteiger charge is 2.44. The number of nitrogens with one attached hydrogen (secondary N) is 1. The number of rotatable bonds is 8. The Balaban J connectivity index is 0.000000526. The molecule has 3 atom stereocenters.